The predicted octanol–water partition coefficient (Wildman–Crippen LogP) is -1.04. The molecule has 23 heavy (non-hydrogen) atoms. The fourth-order valence-corrected chi connectivity index (χ4v) is 3.27. The summed E-state index contributed by atoms with van der Waals surface area (Å²) in [7, 11) is 1.43. The van der Waals surface area contributed by atoms with Crippen LogP contribution in [-0.4, -0.2) is 55.8 Å². The van der Waals surface area contributed by atoms with Gasteiger partial charge in [0, 0.05) is 6.42 Å². The summed E-state index contributed by atoms with van der Waals surface area (Å²) in [6.45, 7) is 1.23. The van der Waals surface area contributed by atoms with E-state index in [-0.39, 0.29) is 23.9 Å². The van der Waals surface area contributed by atoms with Crippen molar-refractivity contribution in [2.45, 2.75) is 43.1 Å². The van der Waals surface area contributed by atoms with Crippen LogP contribution in [0.1, 0.15) is 19.6 Å². The van der Waals surface area contributed by atoms with E-state index in [0.29, 0.717) is 5.52 Å². The van der Waals surface area contributed by atoms with Crippen LogP contribution in [0.3, 0.4) is 0 Å². The SMILES string of the molecule is COc1nc(N)nc2c1[nH]c[n+]2C1OC2(CC2O)C(O)C1(C)F. The van der Waals surface area contributed by atoms with Gasteiger partial charge in [-0.1, -0.05) is 4.98 Å². The van der Waals surface area contributed by atoms with Crippen LogP contribution >= 0.6 is 0 Å². The quantitative estimate of drug-likeness (QED) is 0.518. The van der Waals surface area contributed by atoms with Crippen molar-refractivity contribution in [2.75, 3.05) is 12.8 Å². The third kappa shape index (κ3) is 1.73. The number of H-pyrrole nitrogens is 1. The molecule has 124 valence electrons. The van der Waals surface area contributed by atoms with Crippen molar-refractivity contribution >= 4 is 17.1 Å². The van der Waals surface area contributed by atoms with Crippen molar-refractivity contribution in [1.29, 1.82) is 0 Å². The largest absolute Gasteiger partial charge is 0.478 e. The Morgan fingerprint density at radius 3 is 2.78 bits per heavy atom. The molecule has 0 aromatic carbocycles. The number of aliphatic hydroxyl groups is 2. The third-order valence-electron chi connectivity index (χ3n) is 4.64. The summed E-state index contributed by atoms with van der Waals surface area (Å²) in [6, 6.07) is 0. The zero-order chi connectivity index (χ0) is 16.6. The Hall–Kier alpha value is -2.04. The number of nitrogens with two attached hydrogens (primary N) is 1. The van der Waals surface area contributed by atoms with E-state index in [1.54, 1.807) is 0 Å². The molecule has 5 unspecified atom stereocenters. The summed E-state index contributed by atoms with van der Waals surface area (Å²) in [5.74, 6) is 0.175. The van der Waals surface area contributed by atoms with E-state index in [9.17, 15) is 10.2 Å². The second-order valence-electron chi connectivity index (χ2n) is 6.17. The Bertz CT molecular complexity index is 796. The van der Waals surface area contributed by atoms with E-state index < -0.39 is 29.7 Å². The van der Waals surface area contributed by atoms with Crippen LogP contribution in [0.25, 0.3) is 11.2 Å². The maximum absolute atomic E-state index is 15.1. The van der Waals surface area contributed by atoms with E-state index in [1.165, 1.54) is 24.9 Å². The molecule has 3 heterocycles. The number of anilines is 1. The number of nitrogens with one attached hydrogen (secondary N) is 1. The topological polar surface area (TPSA) is 130 Å². The third-order valence-corrected chi connectivity index (χ3v) is 4.64. The van der Waals surface area contributed by atoms with E-state index >= 15 is 4.39 Å². The summed E-state index contributed by atoms with van der Waals surface area (Å²) in [5, 5.41) is 20.0. The zero-order valence-electron chi connectivity index (χ0n) is 12.5. The van der Waals surface area contributed by atoms with Crippen LogP contribution in [0.2, 0.25) is 0 Å². The van der Waals surface area contributed by atoms with Gasteiger partial charge in [-0.25, -0.2) is 8.96 Å². The first kappa shape index (κ1) is 14.5. The van der Waals surface area contributed by atoms with Crippen molar-refractivity contribution in [3.8, 4) is 5.88 Å². The fraction of sp³-hybridized carbons (Fsp3) is 0.615. The second kappa shape index (κ2) is 4.28. The van der Waals surface area contributed by atoms with Crippen LogP contribution in [-0.2, 0) is 4.74 Å². The predicted molar refractivity (Wildman–Crippen MR) is 74.0 cm³/mol. The highest BCUT2D eigenvalue weighted by Crippen LogP contribution is 2.56. The first-order chi connectivity index (χ1) is 10.8. The number of aromatic nitrogens is 4. The minimum Gasteiger partial charge on any atom is -0.478 e. The van der Waals surface area contributed by atoms with E-state index in [0.717, 1.165) is 0 Å². The van der Waals surface area contributed by atoms with E-state index in [4.69, 9.17) is 15.2 Å². The molecule has 5 atom stereocenters. The van der Waals surface area contributed by atoms with Crippen LogP contribution in [0, 0.1) is 0 Å². The highest BCUT2D eigenvalue weighted by molar-refractivity contribution is 5.73. The molecule has 1 aliphatic carbocycles. The maximum Gasteiger partial charge on any atom is 0.313 e. The number of halogens is 1. The molecule has 9 nitrogen and oxygen atoms in total. The molecule has 0 bridgehead atoms. The standard InChI is InChI=1S/C13H16FN5O4/c1-12(14)9(21)13(3-5(13)20)23-10(12)19-4-16-6-7(19)17-11(15)18-8(6)22-2/h4-5,9-10,20-21H,3H2,1-2H3,(H2,15,17,18)/p+1. The van der Waals surface area contributed by atoms with Gasteiger partial charge in [-0.2, -0.15) is 4.98 Å². The van der Waals surface area contributed by atoms with Crippen molar-refractivity contribution in [3.05, 3.63) is 6.33 Å². The molecule has 2 aliphatic rings. The van der Waals surface area contributed by atoms with Crippen LogP contribution in [0.15, 0.2) is 6.33 Å². The van der Waals surface area contributed by atoms with Gasteiger partial charge in [-0.3, -0.25) is 4.98 Å². The molecule has 5 N–H and O–H groups in total. The molecule has 0 radical (unpaired) electrons. The molecule has 0 amide bonds. The van der Waals surface area contributed by atoms with E-state index in [2.05, 4.69) is 15.0 Å². The molecule has 1 aliphatic heterocycles. The van der Waals surface area contributed by atoms with E-state index in [1.807, 2.05) is 0 Å². The molecule has 1 saturated heterocycles. The zero-order valence-corrected chi connectivity index (χ0v) is 12.5. The van der Waals surface area contributed by atoms with Crippen molar-refractivity contribution in [1.82, 2.24) is 15.0 Å². The van der Waals surface area contributed by atoms with Gasteiger partial charge in [0.1, 0.15) is 11.7 Å². The molecule has 4 rings (SSSR count). The van der Waals surface area contributed by atoms with Gasteiger partial charge >= 0.3 is 11.6 Å². The molecule has 2 aromatic heterocycles. The summed E-state index contributed by atoms with van der Waals surface area (Å²) >= 11 is 0. The van der Waals surface area contributed by atoms with Gasteiger partial charge in [0.15, 0.2) is 12.0 Å². The number of alkyl halides is 1. The second-order valence-corrected chi connectivity index (χ2v) is 6.17. The summed E-state index contributed by atoms with van der Waals surface area (Å²) in [4.78, 5) is 10.9. The number of hydrogen-bond donors (Lipinski definition) is 4. The lowest BCUT2D eigenvalue weighted by Crippen LogP contribution is -2.50. The number of rotatable bonds is 2. The molecule has 10 heteroatoms. The monoisotopic (exact) mass is 326 g/mol. The smallest absolute Gasteiger partial charge is 0.313 e. The Morgan fingerprint density at radius 2 is 2.22 bits per heavy atom. The number of ether oxygens (including phenoxy) is 2. The van der Waals surface area contributed by atoms with Gasteiger partial charge < -0.3 is 25.4 Å². The number of methoxy groups -OCH3 is 1. The van der Waals surface area contributed by atoms with Crippen LogP contribution in [0.5, 0.6) is 5.88 Å². The van der Waals surface area contributed by atoms with Crippen molar-refractivity contribution in [3.63, 3.8) is 0 Å². The Balaban J connectivity index is 1.85. The molecule has 2 fully saturated rings. The van der Waals surface area contributed by atoms with Gasteiger partial charge in [0.2, 0.25) is 11.7 Å². The Labute approximate surface area is 129 Å². The van der Waals surface area contributed by atoms with Crippen molar-refractivity contribution in [2.24, 2.45) is 0 Å². The van der Waals surface area contributed by atoms with Gasteiger partial charge in [0.05, 0.1) is 13.2 Å². The van der Waals surface area contributed by atoms with Gasteiger partial charge in [0.25, 0.3) is 5.88 Å². The Kier molecular flexibility index (Phi) is 2.70. The highest BCUT2D eigenvalue weighted by atomic mass is 19.1. The normalized spacial score (nSPS) is 39.3. The molecule has 1 saturated carbocycles. The molecular weight excluding hydrogens is 309 g/mol. The number of imidazole rings is 1. The highest BCUT2D eigenvalue weighted by Gasteiger charge is 2.75. The van der Waals surface area contributed by atoms with Crippen molar-refractivity contribution < 1.29 is 28.6 Å². The van der Waals surface area contributed by atoms with Gasteiger partial charge in [-0.15, -0.1) is 0 Å². The molecule has 2 aromatic rings. The minimum absolute atomic E-state index is 0.0389. The maximum atomic E-state index is 15.1. The van der Waals surface area contributed by atoms with Crippen LogP contribution in [0.4, 0.5) is 10.3 Å². The van der Waals surface area contributed by atoms with Gasteiger partial charge in [-0.05, 0) is 6.92 Å². The first-order valence-electron chi connectivity index (χ1n) is 7.14. The summed E-state index contributed by atoms with van der Waals surface area (Å²) in [6.07, 6.45) is -1.88. The lowest BCUT2D eigenvalue weighted by molar-refractivity contribution is -0.750. The number of aliphatic hydroxyl groups excluding tert-OH is 2. The average molecular weight is 326 g/mol. The fourth-order valence-electron chi connectivity index (χ4n) is 3.27. The lowest BCUT2D eigenvalue weighted by Gasteiger charge is -2.21. The Morgan fingerprint density at radius 1 is 1.52 bits per heavy atom. The lowest BCUT2D eigenvalue weighted by atomic mass is 9.97. The molecule has 1 spiro atoms. The number of nitrogens with zero attached hydrogens (tertiary/aromatic N) is 3. The number of aromatic amines is 1. The number of hydrogen-bond acceptors (Lipinski definition) is 7. The minimum atomic E-state index is -2.12. The molecular formula is C13H17FN5O4+. The first-order valence-corrected chi connectivity index (χ1v) is 7.14. The summed E-state index contributed by atoms with van der Waals surface area (Å²) in [5.41, 5.74) is 2.97. The average Bonchev–Trinajstić information content (AvgIpc) is 2.88. The van der Waals surface area contributed by atoms with Crippen LogP contribution < -0.4 is 15.0 Å². The number of nitrogen functional groups attached to an aromatic ring is 1. The number of fused-ring (bicyclic) bond motifs is 1. The summed E-state index contributed by atoms with van der Waals surface area (Å²) < 4.78 is 27.3.